The van der Waals surface area contributed by atoms with Crippen LogP contribution in [-0.2, 0) is 0 Å². The lowest BCUT2D eigenvalue weighted by Crippen LogP contribution is -2.27. The van der Waals surface area contributed by atoms with Gasteiger partial charge in [0.1, 0.15) is 5.84 Å². The van der Waals surface area contributed by atoms with Crippen LogP contribution in [0.4, 0.5) is 0 Å². The van der Waals surface area contributed by atoms with Crippen molar-refractivity contribution in [2.24, 2.45) is 4.99 Å². The summed E-state index contributed by atoms with van der Waals surface area (Å²) in [5.41, 5.74) is 0. The lowest BCUT2D eigenvalue weighted by molar-refractivity contribution is 0.455. The van der Waals surface area contributed by atoms with E-state index in [1.54, 1.807) is 6.08 Å². The number of hydrogen-bond acceptors (Lipinski definition) is 3. The van der Waals surface area contributed by atoms with E-state index in [1.165, 1.54) is 0 Å². The van der Waals surface area contributed by atoms with Crippen molar-refractivity contribution in [1.29, 1.82) is 0 Å². The van der Waals surface area contributed by atoms with Crippen molar-refractivity contribution in [2.45, 2.75) is 6.42 Å². The Labute approximate surface area is 72.7 Å². The highest BCUT2D eigenvalue weighted by molar-refractivity contribution is 5.85. The summed E-state index contributed by atoms with van der Waals surface area (Å²) in [5.74, 6) is 1.07. The molecule has 0 aromatic heterocycles. The lowest BCUT2D eigenvalue weighted by Gasteiger charge is -2.16. The quantitative estimate of drug-likeness (QED) is 0.505. The highest BCUT2D eigenvalue weighted by Crippen LogP contribution is 2.04. The summed E-state index contributed by atoms with van der Waals surface area (Å²) in [6.45, 7) is 6.22. The minimum absolute atomic E-state index is 0.739. The van der Waals surface area contributed by atoms with Gasteiger partial charge >= 0.3 is 0 Å². The second-order valence-electron chi connectivity index (χ2n) is 2.62. The standard InChI is InChI=1S/C9H14N2O/c1-2-4-9-10-5-7-11(9)6-3-8-12/h2-3,8,12H,1,4-7H2. The van der Waals surface area contributed by atoms with Gasteiger partial charge in [-0.2, -0.15) is 0 Å². The van der Waals surface area contributed by atoms with E-state index in [4.69, 9.17) is 5.11 Å². The van der Waals surface area contributed by atoms with Crippen LogP contribution in [0.25, 0.3) is 0 Å². The van der Waals surface area contributed by atoms with Crippen molar-refractivity contribution in [2.75, 3.05) is 19.6 Å². The van der Waals surface area contributed by atoms with Gasteiger partial charge in [-0.1, -0.05) is 6.08 Å². The first-order valence-corrected chi connectivity index (χ1v) is 4.07. The molecule has 0 fully saturated rings. The number of hydrogen-bond donors (Lipinski definition) is 1. The molecule has 0 saturated carbocycles. The third-order valence-electron chi connectivity index (χ3n) is 1.79. The van der Waals surface area contributed by atoms with Gasteiger partial charge in [0, 0.05) is 19.5 Å². The first-order chi connectivity index (χ1) is 5.88. The molecule has 1 rings (SSSR count). The summed E-state index contributed by atoms with van der Waals surface area (Å²) in [6, 6.07) is 0. The van der Waals surface area contributed by atoms with Crippen LogP contribution in [0.5, 0.6) is 0 Å². The van der Waals surface area contributed by atoms with Crippen LogP contribution in [-0.4, -0.2) is 35.5 Å². The Morgan fingerprint density at radius 1 is 1.67 bits per heavy atom. The van der Waals surface area contributed by atoms with E-state index in [2.05, 4.69) is 16.5 Å². The SMILES string of the molecule is C=CCC1=NCCN1CC=CO. The Morgan fingerprint density at radius 3 is 3.17 bits per heavy atom. The molecule has 0 radical (unpaired) electrons. The summed E-state index contributed by atoms with van der Waals surface area (Å²) in [5, 5.41) is 8.48. The molecule has 0 aromatic rings. The highest BCUT2D eigenvalue weighted by atomic mass is 16.2. The fourth-order valence-electron chi connectivity index (χ4n) is 1.22. The normalized spacial score (nSPS) is 17.0. The number of amidine groups is 1. The maximum atomic E-state index is 8.48. The summed E-state index contributed by atoms with van der Waals surface area (Å²) in [4.78, 5) is 6.45. The number of nitrogens with zero attached hydrogens (tertiary/aromatic N) is 2. The minimum atomic E-state index is 0.739. The zero-order chi connectivity index (χ0) is 8.81. The Bertz CT molecular complexity index is 209. The molecule has 1 aliphatic heterocycles. The van der Waals surface area contributed by atoms with E-state index in [1.807, 2.05) is 6.08 Å². The van der Waals surface area contributed by atoms with Crippen LogP contribution in [0.2, 0.25) is 0 Å². The largest absolute Gasteiger partial charge is 0.516 e. The maximum absolute atomic E-state index is 8.48. The third kappa shape index (κ3) is 2.12. The van der Waals surface area contributed by atoms with Crippen LogP contribution in [0.3, 0.4) is 0 Å². The topological polar surface area (TPSA) is 35.8 Å². The molecule has 0 spiro atoms. The average Bonchev–Trinajstić information content (AvgIpc) is 2.50. The smallest absolute Gasteiger partial charge is 0.103 e. The second-order valence-corrected chi connectivity index (χ2v) is 2.62. The van der Waals surface area contributed by atoms with Crippen LogP contribution in [0.15, 0.2) is 30.0 Å². The van der Waals surface area contributed by atoms with E-state index in [0.717, 1.165) is 38.2 Å². The highest BCUT2D eigenvalue weighted by Gasteiger charge is 2.12. The van der Waals surface area contributed by atoms with Gasteiger partial charge in [0.2, 0.25) is 0 Å². The van der Waals surface area contributed by atoms with Gasteiger partial charge < -0.3 is 10.0 Å². The summed E-state index contributed by atoms with van der Waals surface area (Å²) in [6.07, 6.45) is 5.45. The van der Waals surface area contributed by atoms with Gasteiger partial charge in [-0.3, -0.25) is 4.99 Å². The first kappa shape index (κ1) is 8.84. The summed E-state index contributed by atoms with van der Waals surface area (Å²) < 4.78 is 0. The lowest BCUT2D eigenvalue weighted by atomic mass is 10.3. The molecule has 0 unspecified atom stereocenters. The molecule has 0 atom stereocenters. The first-order valence-electron chi connectivity index (χ1n) is 4.07. The molecule has 3 nitrogen and oxygen atoms in total. The second kappa shape index (κ2) is 4.59. The van der Waals surface area contributed by atoms with E-state index in [-0.39, 0.29) is 0 Å². The monoisotopic (exact) mass is 166 g/mol. The molecular formula is C9H14N2O. The average molecular weight is 166 g/mol. The van der Waals surface area contributed by atoms with Crippen LogP contribution in [0, 0.1) is 0 Å². The van der Waals surface area contributed by atoms with Gasteiger partial charge in [0.15, 0.2) is 0 Å². The van der Waals surface area contributed by atoms with Gasteiger partial charge in [-0.05, 0) is 6.08 Å². The van der Waals surface area contributed by atoms with Crippen LogP contribution < -0.4 is 0 Å². The van der Waals surface area contributed by atoms with Crippen molar-refractivity contribution in [1.82, 2.24) is 4.90 Å². The van der Waals surface area contributed by atoms with Gasteiger partial charge in [-0.25, -0.2) is 0 Å². The van der Waals surface area contributed by atoms with Gasteiger partial charge in [0.25, 0.3) is 0 Å². The number of aliphatic hydroxyl groups excluding tert-OH is 1. The molecule has 1 N–H and O–H groups in total. The van der Waals surface area contributed by atoms with E-state index < -0.39 is 0 Å². The maximum Gasteiger partial charge on any atom is 0.103 e. The van der Waals surface area contributed by atoms with Gasteiger partial charge in [-0.15, -0.1) is 6.58 Å². The number of aliphatic hydroxyl groups is 1. The Morgan fingerprint density at radius 2 is 2.50 bits per heavy atom. The fourth-order valence-corrected chi connectivity index (χ4v) is 1.22. The Balaban J connectivity index is 2.43. The predicted octanol–water partition coefficient (Wildman–Crippen LogP) is 1.35. The molecular weight excluding hydrogens is 152 g/mol. The molecule has 3 heteroatoms. The summed E-state index contributed by atoms with van der Waals surface area (Å²) >= 11 is 0. The van der Waals surface area contributed by atoms with E-state index >= 15 is 0 Å². The molecule has 0 aliphatic carbocycles. The molecule has 66 valence electrons. The molecule has 0 saturated heterocycles. The fraction of sp³-hybridized carbons (Fsp3) is 0.444. The number of rotatable bonds is 4. The van der Waals surface area contributed by atoms with Crippen molar-refractivity contribution >= 4 is 5.84 Å². The van der Waals surface area contributed by atoms with E-state index in [9.17, 15) is 0 Å². The van der Waals surface area contributed by atoms with Crippen LogP contribution in [0.1, 0.15) is 6.42 Å². The third-order valence-corrected chi connectivity index (χ3v) is 1.79. The zero-order valence-electron chi connectivity index (χ0n) is 7.11. The van der Waals surface area contributed by atoms with E-state index in [0.29, 0.717) is 0 Å². The molecule has 0 amide bonds. The zero-order valence-corrected chi connectivity index (χ0v) is 7.11. The Hall–Kier alpha value is -1.25. The molecule has 1 heterocycles. The van der Waals surface area contributed by atoms with Crippen molar-refractivity contribution in [3.63, 3.8) is 0 Å². The molecule has 0 aromatic carbocycles. The van der Waals surface area contributed by atoms with Crippen molar-refractivity contribution in [3.05, 3.63) is 25.0 Å². The molecule has 1 aliphatic rings. The Kier molecular flexibility index (Phi) is 3.38. The predicted molar refractivity (Wildman–Crippen MR) is 50.5 cm³/mol. The summed E-state index contributed by atoms with van der Waals surface area (Å²) in [7, 11) is 0. The number of aliphatic imine (C=N–C) groups is 1. The molecule has 12 heavy (non-hydrogen) atoms. The van der Waals surface area contributed by atoms with Crippen molar-refractivity contribution in [3.8, 4) is 0 Å². The van der Waals surface area contributed by atoms with Crippen molar-refractivity contribution < 1.29 is 5.11 Å². The van der Waals surface area contributed by atoms with Gasteiger partial charge in [0.05, 0.1) is 12.8 Å². The minimum Gasteiger partial charge on any atom is -0.516 e. The van der Waals surface area contributed by atoms with Crippen LogP contribution >= 0.6 is 0 Å². The molecule has 0 bridgehead atoms.